The first-order valence-corrected chi connectivity index (χ1v) is 9.79. The van der Waals surface area contributed by atoms with Gasteiger partial charge in [0.05, 0.1) is 44.8 Å². The van der Waals surface area contributed by atoms with E-state index in [2.05, 4.69) is 10.3 Å². The van der Waals surface area contributed by atoms with E-state index >= 15 is 0 Å². The summed E-state index contributed by atoms with van der Waals surface area (Å²) >= 11 is 0. The van der Waals surface area contributed by atoms with Crippen molar-refractivity contribution in [2.75, 3.05) is 19.4 Å². The zero-order chi connectivity index (χ0) is 18.3. The molecule has 0 bridgehead atoms. The zero-order valence-electron chi connectivity index (χ0n) is 14.3. The van der Waals surface area contributed by atoms with Gasteiger partial charge >= 0.3 is 7.60 Å². The van der Waals surface area contributed by atoms with Gasteiger partial charge in [0.15, 0.2) is 0 Å². The fourth-order valence-corrected chi connectivity index (χ4v) is 4.04. The summed E-state index contributed by atoms with van der Waals surface area (Å²) in [5.41, 5.74) is 0.449. The van der Waals surface area contributed by atoms with Gasteiger partial charge in [0.25, 0.3) is 5.56 Å². The second kappa shape index (κ2) is 9.05. The minimum Gasteiger partial charge on any atom is -0.391 e. The first kappa shape index (κ1) is 19.5. The van der Waals surface area contributed by atoms with Gasteiger partial charge in [-0.1, -0.05) is 11.3 Å². The first-order chi connectivity index (χ1) is 12.0. The Labute approximate surface area is 145 Å². The van der Waals surface area contributed by atoms with Crippen LogP contribution in [0.15, 0.2) is 35.4 Å². The smallest absolute Gasteiger partial charge is 0.333 e. The summed E-state index contributed by atoms with van der Waals surface area (Å²) in [6.45, 7) is 4.29. The van der Waals surface area contributed by atoms with Crippen molar-refractivity contribution in [3.05, 3.63) is 46.6 Å². The number of nitrogens with zero attached hydrogens (tertiary/aromatic N) is 4. The molecule has 0 amide bonds. The second-order valence-electron chi connectivity index (χ2n) is 5.38. The molecule has 0 saturated heterocycles. The fraction of sp³-hybridized carbons (Fsp3) is 0.533. The Kier molecular flexibility index (Phi) is 7.07. The fourth-order valence-electron chi connectivity index (χ4n) is 2.33. The monoisotopic (exact) mass is 370 g/mol. The highest BCUT2D eigenvalue weighted by Crippen LogP contribution is 2.48. The Bertz CT molecular complexity index is 765. The van der Waals surface area contributed by atoms with E-state index in [-0.39, 0.29) is 38.0 Å². The Morgan fingerprint density at radius 3 is 2.64 bits per heavy atom. The Hall–Kier alpha value is -1.80. The number of pyridine rings is 1. The zero-order valence-corrected chi connectivity index (χ0v) is 15.2. The van der Waals surface area contributed by atoms with Crippen molar-refractivity contribution in [3.63, 3.8) is 0 Å². The van der Waals surface area contributed by atoms with Crippen molar-refractivity contribution >= 4 is 7.60 Å². The van der Waals surface area contributed by atoms with E-state index in [4.69, 9.17) is 9.05 Å². The molecule has 1 unspecified atom stereocenters. The highest BCUT2D eigenvalue weighted by molar-refractivity contribution is 7.53. The van der Waals surface area contributed by atoms with Crippen molar-refractivity contribution in [3.8, 4) is 0 Å². The summed E-state index contributed by atoms with van der Waals surface area (Å²) in [5, 5.41) is 18.1. The molecule has 0 aliphatic carbocycles. The number of aliphatic hydroxyl groups is 1. The van der Waals surface area contributed by atoms with Gasteiger partial charge in [-0.3, -0.25) is 9.36 Å². The third kappa shape index (κ3) is 5.89. The van der Waals surface area contributed by atoms with Gasteiger partial charge in [-0.25, -0.2) is 4.68 Å². The van der Waals surface area contributed by atoms with Crippen LogP contribution >= 0.6 is 7.60 Å². The number of hydrogen-bond donors (Lipinski definition) is 1. The first-order valence-electron chi connectivity index (χ1n) is 8.06. The van der Waals surface area contributed by atoms with E-state index in [1.54, 1.807) is 38.4 Å². The molecule has 9 nitrogen and oxygen atoms in total. The van der Waals surface area contributed by atoms with Crippen molar-refractivity contribution in [1.29, 1.82) is 0 Å². The van der Waals surface area contributed by atoms with E-state index in [0.29, 0.717) is 5.69 Å². The molecule has 138 valence electrons. The quantitative estimate of drug-likeness (QED) is 0.624. The molecule has 0 radical (unpaired) electrons. The van der Waals surface area contributed by atoms with Gasteiger partial charge in [-0.2, -0.15) is 0 Å². The molecule has 2 rings (SSSR count). The summed E-state index contributed by atoms with van der Waals surface area (Å²) in [6, 6.07) is 4.89. The van der Waals surface area contributed by atoms with Crippen LogP contribution in [0, 0.1) is 0 Å². The van der Waals surface area contributed by atoms with Gasteiger partial charge < -0.3 is 18.7 Å². The third-order valence-electron chi connectivity index (χ3n) is 3.30. The van der Waals surface area contributed by atoms with E-state index in [0.717, 1.165) is 0 Å². The largest absolute Gasteiger partial charge is 0.391 e. The van der Waals surface area contributed by atoms with Crippen LogP contribution < -0.4 is 5.56 Å². The molecule has 1 N–H and O–H groups in total. The maximum atomic E-state index is 12.4. The van der Waals surface area contributed by atoms with Crippen molar-refractivity contribution in [2.45, 2.75) is 33.0 Å². The second-order valence-corrected chi connectivity index (χ2v) is 7.48. The molecule has 2 aromatic heterocycles. The maximum absolute atomic E-state index is 12.4. The van der Waals surface area contributed by atoms with Crippen LogP contribution in [0.2, 0.25) is 0 Å². The Morgan fingerprint density at radius 2 is 2.00 bits per heavy atom. The Balaban J connectivity index is 1.97. The molecule has 0 spiro atoms. The SMILES string of the molecule is CCOP(=O)(CC(O)Cn1cc(Cn2ccccc2=O)nn1)OCC. The molecule has 0 aliphatic heterocycles. The molecule has 0 saturated carbocycles. The molecule has 1 atom stereocenters. The van der Waals surface area contributed by atoms with Crippen LogP contribution in [0.25, 0.3) is 0 Å². The van der Waals surface area contributed by atoms with Crippen molar-refractivity contribution in [1.82, 2.24) is 19.6 Å². The lowest BCUT2D eigenvalue weighted by atomic mass is 10.4. The van der Waals surface area contributed by atoms with E-state index < -0.39 is 13.7 Å². The molecular formula is C15H23N4O5P. The maximum Gasteiger partial charge on any atom is 0.333 e. The van der Waals surface area contributed by atoms with Gasteiger partial charge in [0.2, 0.25) is 0 Å². The number of aliphatic hydroxyl groups excluding tert-OH is 1. The normalized spacial score (nSPS) is 13.1. The van der Waals surface area contributed by atoms with Crippen LogP contribution in [0.1, 0.15) is 19.5 Å². The van der Waals surface area contributed by atoms with Gasteiger partial charge in [-0.05, 0) is 19.9 Å². The molecule has 0 aliphatic rings. The lowest BCUT2D eigenvalue weighted by Crippen LogP contribution is -2.22. The van der Waals surface area contributed by atoms with E-state index in [1.165, 1.54) is 15.3 Å². The molecule has 0 fully saturated rings. The highest BCUT2D eigenvalue weighted by atomic mass is 31.2. The van der Waals surface area contributed by atoms with Gasteiger partial charge in [0.1, 0.15) is 5.69 Å². The minimum absolute atomic E-state index is 0.0980. The molecular weight excluding hydrogens is 347 g/mol. The summed E-state index contributed by atoms with van der Waals surface area (Å²) in [5.74, 6) is 0. The van der Waals surface area contributed by atoms with Crippen molar-refractivity contribution < 1.29 is 18.7 Å². The van der Waals surface area contributed by atoms with Crippen LogP contribution in [0.3, 0.4) is 0 Å². The van der Waals surface area contributed by atoms with Crippen LogP contribution in [-0.2, 0) is 26.7 Å². The average Bonchev–Trinajstić information content (AvgIpc) is 2.96. The van der Waals surface area contributed by atoms with Crippen LogP contribution in [-0.4, -0.2) is 50.1 Å². The summed E-state index contributed by atoms with van der Waals surface area (Å²) in [6.07, 6.45) is 2.21. The van der Waals surface area contributed by atoms with Crippen LogP contribution in [0.4, 0.5) is 0 Å². The van der Waals surface area contributed by atoms with Gasteiger partial charge in [-0.15, -0.1) is 5.10 Å². The highest BCUT2D eigenvalue weighted by Gasteiger charge is 2.28. The third-order valence-corrected chi connectivity index (χ3v) is 5.47. The summed E-state index contributed by atoms with van der Waals surface area (Å²) in [7, 11) is -3.32. The minimum atomic E-state index is -3.32. The topological polar surface area (TPSA) is 108 Å². The summed E-state index contributed by atoms with van der Waals surface area (Å²) in [4.78, 5) is 11.7. The molecule has 2 heterocycles. The molecule has 10 heteroatoms. The molecule has 25 heavy (non-hydrogen) atoms. The van der Waals surface area contributed by atoms with Crippen molar-refractivity contribution in [2.24, 2.45) is 0 Å². The molecule has 2 aromatic rings. The number of rotatable bonds is 10. The summed E-state index contributed by atoms with van der Waals surface area (Å²) < 4.78 is 25.7. The number of aromatic nitrogens is 4. The standard InChI is InChI=1S/C15H23N4O5P/c1-3-23-25(22,24-4-2)12-14(20)11-19-10-13(16-17-19)9-18-8-6-5-7-15(18)21/h5-8,10,14,20H,3-4,9,11-12H2,1-2H3. The molecule has 0 aromatic carbocycles. The Morgan fingerprint density at radius 1 is 1.28 bits per heavy atom. The van der Waals surface area contributed by atoms with E-state index in [1.807, 2.05) is 0 Å². The average molecular weight is 370 g/mol. The van der Waals surface area contributed by atoms with Crippen LogP contribution in [0.5, 0.6) is 0 Å². The lowest BCUT2D eigenvalue weighted by molar-refractivity contribution is 0.150. The number of hydrogen-bond acceptors (Lipinski definition) is 7. The van der Waals surface area contributed by atoms with E-state index in [9.17, 15) is 14.5 Å². The predicted molar refractivity (Wildman–Crippen MR) is 91.6 cm³/mol. The lowest BCUT2D eigenvalue weighted by Gasteiger charge is -2.19. The van der Waals surface area contributed by atoms with Gasteiger partial charge in [0, 0.05) is 12.3 Å². The predicted octanol–water partition coefficient (Wildman–Crippen LogP) is 1.12.